The molecular weight excluding hydrogens is 1350 g/mol. The topological polar surface area (TPSA) is 240 Å². The van der Waals surface area contributed by atoms with Crippen LogP contribution in [0.15, 0.2) is 106 Å². The van der Waals surface area contributed by atoms with Crippen molar-refractivity contribution in [2.75, 3.05) is 71.4 Å². The average molecular weight is 1400 g/mol. The molecular formula is C49H52Cl2Cs2F6N14O7. The van der Waals surface area contributed by atoms with Crippen molar-refractivity contribution < 1.29 is 199 Å². The van der Waals surface area contributed by atoms with Gasteiger partial charge >= 0.3 is 151 Å². The van der Waals surface area contributed by atoms with Gasteiger partial charge in [0, 0.05) is 81.8 Å². The summed E-state index contributed by atoms with van der Waals surface area (Å²) in [4.78, 5) is 43.3. The number of carbonyl (C=O) groups excluding carboxylic acids is 1. The number of piperazine rings is 2. The van der Waals surface area contributed by atoms with Gasteiger partial charge in [0.05, 0.1) is 18.9 Å². The SMILES string of the molecule is CN1CCNCC1.Cc1nc(-c2ncc(-c3ccc(OC(F)(F)F)cc3)o2)n[nH]1.Cc1nc(-c2ncc(-c3ccc(OC(F)(F)F)cc3)o2)nn1Cc1ccnc(N2CCN(C)CC2)c1.ClCc1ccnc(Cl)c1.O=CO[O-].[Cs+].[Cs+].[H-]. The molecule has 418 valence electrons. The normalized spacial score (nSPS) is 13.4. The van der Waals surface area contributed by atoms with Gasteiger partial charge in [0.2, 0.25) is 11.6 Å². The van der Waals surface area contributed by atoms with E-state index in [1.165, 1.54) is 74.0 Å². The zero-order valence-electron chi connectivity index (χ0n) is 45.1. The van der Waals surface area contributed by atoms with E-state index in [-0.39, 0.29) is 169 Å². The minimum Gasteiger partial charge on any atom is -1.00 e. The van der Waals surface area contributed by atoms with Crippen LogP contribution in [0, 0.1) is 13.8 Å². The quantitative estimate of drug-likeness (QED) is 0.0470. The van der Waals surface area contributed by atoms with E-state index < -0.39 is 12.7 Å². The molecule has 10 rings (SSSR count). The molecule has 80 heavy (non-hydrogen) atoms. The summed E-state index contributed by atoms with van der Waals surface area (Å²) in [6.07, 6.45) is -3.09. The van der Waals surface area contributed by atoms with E-state index >= 15 is 0 Å². The second-order valence-electron chi connectivity index (χ2n) is 16.8. The number of hydrogen-bond donors (Lipinski definition) is 2. The Bertz CT molecular complexity index is 3090. The minimum absolute atomic E-state index is 0. The van der Waals surface area contributed by atoms with E-state index in [4.69, 9.17) is 42.1 Å². The number of oxazole rings is 2. The number of benzene rings is 2. The van der Waals surface area contributed by atoms with Crippen LogP contribution >= 0.6 is 23.2 Å². The number of rotatable bonds is 11. The molecule has 0 saturated carbocycles. The molecule has 0 amide bonds. The van der Waals surface area contributed by atoms with Crippen molar-refractivity contribution >= 4 is 35.5 Å². The Labute approximate surface area is 584 Å². The second-order valence-corrected chi connectivity index (χ2v) is 17.4. The molecule has 21 nitrogen and oxygen atoms in total. The van der Waals surface area contributed by atoms with Gasteiger partial charge < -0.3 is 49.9 Å². The van der Waals surface area contributed by atoms with Gasteiger partial charge in [0.25, 0.3) is 18.3 Å². The Balaban J connectivity index is 0.000000323. The first-order valence-electron chi connectivity index (χ1n) is 23.4. The molecule has 2 saturated heterocycles. The van der Waals surface area contributed by atoms with Crippen LogP contribution in [0.2, 0.25) is 5.15 Å². The number of aromatic nitrogens is 10. The molecule has 0 radical (unpaired) electrons. The third-order valence-corrected chi connectivity index (χ3v) is 11.4. The van der Waals surface area contributed by atoms with Gasteiger partial charge in [-0.15, -0.1) is 48.1 Å². The third kappa shape index (κ3) is 23.6. The maximum atomic E-state index is 12.4. The summed E-state index contributed by atoms with van der Waals surface area (Å²) in [5, 5.41) is 23.3. The first-order valence-corrected chi connectivity index (χ1v) is 24.3. The largest absolute Gasteiger partial charge is 1.00 e. The Morgan fingerprint density at radius 3 is 1.68 bits per heavy atom. The van der Waals surface area contributed by atoms with Crippen LogP contribution in [0.5, 0.6) is 11.5 Å². The maximum Gasteiger partial charge on any atom is 1.00 e. The number of alkyl halides is 7. The first kappa shape index (κ1) is 68.9. The van der Waals surface area contributed by atoms with Crippen LogP contribution in [0.25, 0.3) is 46.1 Å². The van der Waals surface area contributed by atoms with Crippen LogP contribution in [0.3, 0.4) is 0 Å². The molecule has 8 heterocycles. The fourth-order valence-electron chi connectivity index (χ4n) is 7.01. The molecule has 2 aliphatic heterocycles. The molecule has 0 aliphatic carbocycles. The predicted octanol–water partition coefficient (Wildman–Crippen LogP) is 1.89. The van der Waals surface area contributed by atoms with Crippen molar-refractivity contribution in [1.82, 2.24) is 65.0 Å². The van der Waals surface area contributed by atoms with E-state index in [1.54, 1.807) is 23.9 Å². The van der Waals surface area contributed by atoms with Crippen molar-refractivity contribution in [1.29, 1.82) is 0 Å². The van der Waals surface area contributed by atoms with Gasteiger partial charge in [-0.2, -0.15) is 0 Å². The fraction of sp³-hybridized carbons (Fsp3) is 0.327. The number of likely N-dealkylation sites (N-methyl/N-ethyl adjacent to an activating group) is 2. The second kappa shape index (κ2) is 34.3. The van der Waals surface area contributed by atoms with Crippen molar-refractivity contribution in [2.24, 2.45) is 0 Å². The van der Waals surface area contributed by atoms with Crippen molar-refractivity contribution in [3.8, 4) is 57.6 Å². The van der Waals surface area contributed by atoms with Crippen molar-refractivity contribution in [3.63, 3.8) is 0 Å². The Morgan fingerprint density at radius 2 is 1.23 bits per heavy atom. The van der Waals surface area contributed by atoms with Gasteiger partial charge in [-0.1, -0.05) is 11.6 Å². The number of anilines is 1. The first-order chi connectivity index (χ1) is 37.3. The Morgan fingerprint density at radius 1 is 0.713 bits per heavy atom. The minimum atomic E-state index is -4.74. The predicted molar refractivity (Wildman–Crippen MR) is 272 cm³/mol. The van der Waals surface area contributed by atoms with Gasteiger partial charge in [0.1, 0.15) is 34.1 Å². The standard InChI is InChI=1S/C24H24F3N7O2.C13H9F3N4O2.C6H5Cl2N.C5H12N2.CH2O3.2Cs.H/c1-16-30-22(23-29-14-20(35-23)18-3-5-19(6-4-18)36-24(25,26)27)31-34(16)15-17-7-8-28-21(13-17)33-11-9-32(2)10-12-33;1-7-18-11(20-19-7)12-17-6-10(21-12)8-2-4-9(5-3-8)22-13(14,15)16;7-4-5-1-2-9-6(8)3-5;1-7-4-2-6-3-5-7;2-1-4-3;;;/h3-8,13-14H,9-12,15H2,1-2H3;2-6H,1H3,(H,18,19,20);1-3H,4H2;6H,2-5H2,1H3;1,3H;;;/q;;;;;2*+1;-1/p-1. The number of aryl methyl sites for hydroxylation is 2. The number of aromatic amines is 1. The molecule has 0 bridgehead atoms. The molecule has 0 atom stereocenters. The van der Waals surface area contributed by atoms with Crippen LogP contribution in [-0.4, -0.2) is 145 Å². The smallest absolute Gasteiger partial charge is 1.00 e. The molecule has 8 aromatic rings. The number of ether oxygens (including phenoxy) is 2. The Kier molecular flexibility index (Phi) is 29.5. The number of pyridine rings is 2. The molecule has 2 N–H and O–H groups in total. The van der Waals surface area contributed by atoms with E-state index in [0.717, 1.165) is 56.2 Å². The zero-order chi connectivity index (χ0) is 56.2. The number of carbonyl (C=O) groups is 1. The van der Waals surface area contributed by atoms with Crippen LogP contribution in [0.4, 0.5) is 32.2 Å². The number of hydrogen-bond acceptors (Lipinski definition) is 19. The summed E-state index contributed by atoms with van der Waals surface area (Å²) in [6.45, 7) is 12.5. The number of halogens is 8. The number of H-pyrrole nitrogens is 1. The molecule has 2 fully saturated rings. The molecule has 6 aromatic heterocycles. The molecule has 31 heteroatoms. The van der Waals surface area contributed by atoms with Gasteiger partial charge in [-0.25, -0.2) is 34.6 Å². The number of nitrogens with one attached hydrogen (secondary N) is 2. The van der Waals surface area contributed by atoms with E-state index in [9.17, 15) is 26.3 Å². The monoisotopic (exact) mass is 1400 g/mol. The summed E-state index contributed by atoms with van der Waals surface area (Å²) in [6, 6.07) is 18.2. The van der Waals surface area contributed by atoms with E-state index in [2.05, 4.69) is 99.7 Å². The molecule has 2 aromatic carbocycles. The molecule has 0 unspecified atom stereocenters. The van der Waals surface area contributed by atoms with Gasteiger partial charge in [-0.3, -0.25) is 9.89 Å². The van der Waals surface area contributed by atoms with Crippen LogP contribution in [-0.2, 0) is 22.1 Å². The van der Waals surface area contributed by atoms with Crippen LogP contribution in [0.1, 0.15) is 24.2 Å². The summed E-state index contributed by atoms with van der Waals surface area (Å²) < 4.78 is 94.1. The van der Waals surface area contributed by atoms with Crippen molar-refractivity contribution in [3.05, 3.63) is 126 Å². The van der Waals surface area contributed by atoms with E-state index in [1.807, 2.05) is 25.3 Å². The third-order valence-electron chi connectivity index (χ3n) is 10.9. The molecule has 2 aliphatic rings. The van der Waals surface area contributed by atoms with Crippen LogP contribution < -0.4 is 163 Å². The zero-order valence-corrected chi connectivity index (χ0v) is 58.2. The maximum absolute atomic E-state index is 12.4. The summed E-state index contributed by atoms with van der Waals surface area (Å²) >= 11 is 11.1. The van der Waals surface area contributed by atoms with Gasteiger partial charge in [0.15, 0.2) is 11.5 Å². The summed E-state index contributed by atoms with van der Waals surface area (Å²) in [5.41, 5.74) is 3.15. The number of nitrogens with zero attached hydrogens (tertiary/aromatic N) is 12. The molecule has 0 spiro atoms. The average Bonchev–Trinajstić information content (AvgIpc) is 4.35. The fourth-order valence-corrected chi connectivity index (χ4v) is 7.37. The van der Waals surface area contributed by atoms with Crippen molar-refractivity contribution in [2.45, 2.75) is 39.0 Å². The van der Waals surface area contributed by atoms with E-state index in [0.29, 0.717) is 63.5 Å². The summed E-state index contributed by atoms with van der Waals surface area (Å²) in [7, 11) is 4.27. The van der Waals surface area contributed by atoms with Gasteiger partial charge in [-0.05, 0) is 112 Å². The summed E-state index contributed by atoms with van der Waals surface area (Å²) in [5.74, 6) is 3.95. The Hall–Kier alpha value is -3.59.